The predicted molar refractivity (Wildman–Crippen MR) is 132 cm³/mol. The summed E-state index contributed by atoms with van der Waals surface area (Å²) >= 11 is 0. The van der Waals surface area contributed by atoms with Gasteiger partial charge in [-0.05, 0) is 89.8 Å². The number of amides is 1. The average Bonchev–Trinajstić information content (AvgIpc) is 3.47. The second-order valence-corrected chi connectivity index (χ2v) is 11.5. The number of hydrogen-bond acceptors (Lipinski definition) is 4. The summed E-state index contributed by atoms with van der Waals surface area (Å²) in [6, 6.07) is 4.44. The van der Waals surface area contributed by atoms with Crippen molar-refractivity contribution in [1.82, 2.24) is 14.7 Å². The minimum atomic E-state index is -0.896. The van der Waals surface area contributed by atoms with Gasteiger partial charge in [-0.1, -0.05) is 0 Å². The Balaban J connectivity index is 1.36. The summed E-state index contributed by atoms with van der Waals surface area (Å²) in [5, 5.41) is 14.7. The molecule has 0 spiro atoms. The van der Waals surface area contributed by atoms with Gasteiger partial charge in [0.25, 0.3) is 0 Å². The van der Waals surface area contributed by atoms with Crippen molar-refractivity contribution in [2.75, 3.05) is 25.0 Å². The molecule has 7 nitrogen and oxygen atoms in total. The quantitative estimate of drug-likeness (QED) is 0.673. The second-order valence-electron chi connectivity index (χ2n) is 11.5. The monoisotopic (exact) mass is 464 g/mol. The smallest absolute Gasteiger partial charge is 0.412 e. The highest BCUT2D eigenvalue weighted by Crippen LogP contribution is 2.48. The third-order valence-electron chi connectivity index (χ3n) is 8.91. The van der Waals surface area contributed by atoms with E-state index in [1.807, 2.05) is 25.3 Å². The Kier molecular flexibility index (Phi) is 5.17. The van der Waals surface area contributed by atoms with Crippen molar-refractivity contribution in [1.29, 1.82) is 0 Å². The molecule has 7 heteroatoms. The number of carboxylic acid groups (broad SMARTS) is 1. The molecule has 0 bridgehead atoms. The molecule has 1 aromatic carbocycles. The first-order valence-corrected chi connectivity index (χ1v) is 12.9. The van der Waals surface area contributed by atoms with Gasteiger partial charge in [0.1, 0.15) is 11.4 Å². The topological polar surface area (TPSA) is 70.8 Å². The van der Waals surface area contributed by atoms with Crippen LogP contribution in [0, 0.1) is 11.8 Å². The van der Waals surface area contributed by atoms with Crippen molar-refractivity contribution in [3.8, 4) is 16.9 Å². The van der Waals surface area contributed by atoms with E-state index in [2.05, 4.69) is 29.7 Å². The van der Waals surface area contributed by atoms with E-state index >= 15 is 0 Å². The van der Waals surface area contributed by atoms with Gasteiger partial charge in [-0.3, -0.25) is 9.58 Å². The molecule has 1 amide bonds. The molecular weight excluding hydrogens is 428 g/mol. The molecule has 3 heterocycles. The van der Waals surface area contributed by atoms with Crippen molar-refractivity contribution in [3.05, 3.63) is 30.1 Å². The lowest BCUT2D eigenvalue weighted by Gasteiger charge is -2.41. The molecule has 6 rings (SSSR count). The van der Waals surface area contributed by atoms with Gasteiger partial charge in [-0.25, -0.2) is 4.79 Å². The second kappa shape index (κ2) is 8.01. The normalized spacial score (nSPS) is 30.0. The maximum Gasteiger partial charge on any atom is 0.412 e. The van der Waals surface area contributed by atoms with E-state index in [-0.39, 0.29) is 11.6 Å². The summed E-state index contributed by atoms with van der Waals surface area (Å²) in [6.45, 7) is 6.57. The highest BCUT2D eigenvalue weighted by molar-refractivity contribution is 5.91. The number of carbonyl (C=O) groups is 1. The van der Waals surface area contributed by atoms with Crippen LogP contribution in [0.25, 0.3) is 11.1 Å². The lowest BCUT2D eigenvalue weighted by atomic mass is 9.81. The molecule has 2 aliphatic carbocycles. The van der Waals surface area contributed by atoms with Gasteiger partial charge in [-0.15, -0.1) is 0 Å². The van der Waals surface area contributed by atoms with Gasteiger partial charge in [0.15, 0.2) is 0 Å². The Bertz CT molecular complexity index is 1090. The van der Waals surface area contributed by atoms with Crippen LogP contribution in [0.5, 0.6) is 5.75 Å². The van der Waals surface area contributed by atoms with Gasteiger partial charge in [0.05, 0.1) is 17.9 Å². The molecule has 2 aliphatic heterocycles. The molecule has 1 saturated heterocycles. The summed E-state index contributed by atoms with van der Waals surface area (Å²) < 4.78 is 8.90. The SMILES string of the molecule is C[C@H]1CCc2c(ccc(-c3cnn(C4CC5CN(C)CC5C4)c3)c2OC2(C)CCC2)N1C(=O)O. The van der Waals surface area contributed by atoms with E-state index in [0.717, 1.165) is 65.6 Å². The molecule has 182 valence electrons. The zero-order valence-electron chi connectivity index (χ0n) is 20.5. The summed E-state index contributed by atoms with van der Waals surface area (Å²) in [5.41, 5.74) is 3.73. The van der Waals surface area contributed by atoms with Crippen molar-refractivity contribution in [2.24, 2.45) is 11.8 Å². The Hall–Kier alpha value is -2.54. The molecule has 4 aliphatic rings. The fourth-order valence-corrected chi connectivity index (χ4v) is 6.86. The zero-order chi connectivity index (χ0) is 23.6. The van der Waals surface area contributed by atoms with E-state index in [9.17, 15) is 9.90 Å². The maximum atomic E-state index is 12.1. The fourth-order valence-electron chi connectivity index (χ4n) is 6.86. The molecule has 2 aromatic rings. The number of fused-ring (bicyclic) bond motifs is 2. The number of aromatic nitrogens is 2. The van der Waals surface area contributed by atoms with Gasteiger partial charge in [-0.2, -0.15) is 5.10 Å². The van der Waals surface area contributed by atoms with Crippen LogP contribution in [0.15, 0.2) is 24.5 Å². The molecule has 34 heavy (non-hydrogen) atoms. The first-order chi connectivity index (χ1) is 16.3. The van der Waals surface area contributed by atoms with Crippen LogP contribution in [-0.4, -0.2) is 57.7 Å². The van der Waals surface area contributed by atoms with Crippen molar-refractivity contribution >= 4 is 11.8 Å². The fraction of sp³-hybridized carbons (Fsp3) is 0.630. The molecule has 2 unspecified atom stereocenters. The zero-order valence-corrected chi connectivity index (χ0v) is 20.5. The Morgan fingerprint density at radius 2 is 1.94 bits per heavy atom. The Morgan fingerprint density at radius 1 is 1.21 bits per heavy atom. The number of anilines is 1. The van der Waals surface area contributed by atoms with Gasteiger partial charge < -0.3 is 14.7 Å². The molecule has 3 atom stereocenters. The van der Waals surface area contributed by atoms with E-state index < -0.39 is 6.09 Å². The lowest BCUT2D eigenvalue weighted by Crippen LogP contribution is -2.43. The van der Waals surface area contributed by atoms with Gasteiger partial charge in [0, 0.05) is 42.0 Å². The Labute approximate surface area is 201 Å². The van der Waals surface area contributed by atoms with Crippen LogP contribution in [-0.2, 0) is 6.42 Å². The Morgan fingerprint density at radius 3 is 2.59 bits per heavy atom. The molecule has 1 N–H and O–H groups in total. The van der Waals surface area contributed by atoms with Crippen LogP contribution < -0.4 is 9.64 Å². The van der Waals surface area contributed by atoms with Gasteiger partial charge >= 0.3 is 6.09 Å². The molecule has 1 aromatic heterocycles. The summed E-state index contributed by atoms with van der Waals surface area (Å²) in [7, 11) is 2.23. The third kappa shape index (κ3) is 3.60. The number of rotatable bonds is 4. The molecular formula is C27H36N4O3. The van der Waals surface area contributed by atoms with Crippen LogP contribution in [0.3, 0.4) is 0 Å². The van der Waals surface area contributed by atoms with Crippen molar-refractivity contribution in [2.45, 2.75) is 76.5 Å². The minimum Gasteiger partial charge on any atom is -0.487 e. The number of ether oxygens (including phenoxy) is 1. The first-order valence-electron chi connectivity index (χ1n) is 12.9. The first kappa shape index (κ1) is 22.0. The van der Waals surface area contributed by atoms with Crippen LogP contribution >= 0.6 is 0 Å². The third-order valence-corrected chi connectivity index (χ3v) is 8.91. The predicted octanol–water partition coefficient (Wildman–Crippen LogP) is 5.20. The average molecular weight is 465 g/mol. The van der Waals surface area contributed by atoms with Crippen molar-refractivity contribution < 1.29 is 14.6 Å². The highest BCUT2D eigenvalue weighted by Gasteiger charge is 2.41. The van der Waals surface area contributed by atoms with E-state index in [4.69, 9.17) is 9.84 Å². The summed E-state index contributed by atoms with van der Waals surface area (Å²) in [6.07, 6.45) is 10.5. The van der Waals surface area contributed by atoms with E-state index in [1.165, 1.54) is 37.3 Å². The minimum absolute atomic E-state index is 0.0356. The molecule has 2 saturated carbocycles. The molecule has 3 fully saturated rings. The highest BCUT2D eigenvalue weighted by atomic mass is 16.5. The van der Waals surface area contributed by atoms with Crippen LogP contribution in [0.2, 0.25) is 0 Å². The van der Waals surface area contributed by atoms with E-state index in [0.29, 0.717) is 6.04 Å². The van der Waals surface area contributed by atoms with Gasteiger partial charge in [0.2, 0.25) is 0 Å². The largest absolute Gasteiger partial charge is 0.487 e. The number of benzene rings is 1. The number of likely N-dealkylation sites (tertiary alicyclic amines) is 1. The number of nitrogens with zero attached hydrogens (tertiary/aromatic N) is 4. The van der Waals surface area contributed by atoms with Crippen LogP contribution in [0.1, 0.15) is 64.0 Å². The number of hydrogen-bond donors (Lipinski definition) is 1. The standard InChI is InChI=1S/C27H36N4O3/c1-17-5-6-23-24(31(17)26(32)33)8-7-22(25(23)34-27(2)9-4-10-27)20-13-28-30(16-20)21-11-18-14-29(3)15-19(18)12-21/h7-8,13,16-19,21H,4-6,9-12,14-15H2,1-3H3,(H,32,33)/t17-,18?,19?,21?/m0/s1. The van der Waals surface area contributed by atoms with E-state index in [1.54, 1.807) is 0 Å². The molecule has 0 radical (unpaired) electrons. The summed E-state index contributed by atoms with van der Waals surface area (Å²) in [4.78, 5) is 16.0. The lowest BCUT2D eigenvalue weighted by molar-refractivity contribution is 0.0109. The van der Waals surface area contributed by atoms with Crippen molar-refractivity contribution in [3.63, 3.8) is 0 Å². The maximum absolute atomic E-state index is 12.1. The van der Waals surface area contributed by atoms with Crippen LogP contribution in [0.4, 0.5) is 10.5 Å². The summed E-state index contributed by atoms with van der Waals surface area (Å²) in [5.74, 6) is 2.43.